The number of amides is 1. The van der Waals surface area contributed by atoms with Crippen LogP contribution in [0.25, 0.3) is 10.8 Å². The summed E-state index contributed by atoms with van der Waals surface area (Å²) in [5.41, 5.74) is -0.266. The fourth-order valence-corrected chi connectivity index (χ4v) is 3.00. The van der Waals surface area contributed by atoms with Crippen molar-refractivity contribution in [1.29, 1.82) is 0 Å². The van der Waals surface area contributed by atoms with Gasteiger partial charge < -0.3 is 14.8 Å². The molecule has 33 heavy (non-hydrogen) atoms. The number of esters is 1. The van der Waals surface area contributed by atoms with Gasteiger partial charge in [-0.2, -0.15) is 5.10 Å². The smallest absolute Gasteiger partial charge is 0.448 e. The summed E-state index contributed by atoms with van der Waals surface area (Å²) < 4.78 is 46.9. The average Bonchev–Trinajstić information content (AvgIpc) is 2.76. The maximum Gasteiger partial charge on any atom is 0.573 e. The van der Waals surface area contributed by atoms with Gasteiger partial charge in [0.25, 0.3) is 11.5 Å². The Hall–Kier alpha value is -3.89. The number of nitrogens with zero attached hydrogens (tertiary/aromatic N) is 2. The van der Waals surface area contributed by atoms with E-state index in [1.807, 2.05) is 6.92 Å². The highest BCUT2D eigenvalue weighted by Gasteiger charge is 2.31. The molecule has 3 rings (SSSR count). The first kappa shape index (κ1) is 23.8. The van der Waals surface area contributed by atoms with Crippen LogP contribution in [0.4, 0.5) is 18.9 Å². The van der Waals surface area contributed by atoms with Crippen LogP contribution in [0.1, 0.15) is 30.8 Å². The lowest BCUT2D eigenvalue weighted by atomic mass is 10.1. The quantitative estimate of drug-likeness (QED) is 0.534. The molecule has 1 N–H and O–H groups in total. The standard InChI is InChI=1S/C22H20F3N3O5/c1-3-12-28-20(30)17-7-5-4-6-16(17)18(27-28)21(31)32-13(2)19(29)26-14-8-10-15(11-9-14)33-22(23,24)25/h4-11,13H,3,12H2,1-2H3,(H,26,29). The highest BCUT2D eigenvalue weighted by Crippen LogP contribution is 2.24. The normalized spacial score (nSPS) is 12.3. The molecule has 8 nitrogen and oxygen atoms in total. The van der Waals surface area contributed by atoms with Crippen LogP contribution < -0.4 is 15.6 Å². The SMILES string of the molecule is CCCn1nc(C(=O)OC(C)C(=O)Nc2ccc(OC(F)(F)F)cc2)c2ccccc2c1=O. The highest BCUT2D eigenvalue weighted by molar-refractivity contribution is 6.03. The van der Waals surface area contributed by atoms with Crippen LogP contribution in [0.15, 0.2) is 53.3 Å². The first-order valence-corrected chi connectivity index (χ1v) is 9.96. The summed E-state index contributed by atoms with van der Waals surface area (Å²) in [5.74, 6) is -2.05. The fraction of sp³-hybridized carbons (Fsp3) is 0.273. The third-order valence-corrected chi connectivity index (χ3v) is 4.50. The second-order valence-corrected chi connectivity index (χ2v) is 7.03. The van der Waals surface area contributed by atoms with Crippen molar-refractivity contribution in [2.75, 3.05) is 5.32 Å². The molecule has 0 aliphatic rings. The van der Waals surface area contributed by atoms with Gasteiger partial charge in [-0.25, -0.2) is 9.48 Å². The lowest BCUT2D eigenvalue weighted by Crippen LogP contribution is -2.32. The molecule has 0 radical (unpaired) electrons. The second kappa shape index (κ2) is 9.72. The Balaban J connectivity index is 1.74. The van der Waals surface area contributed by atoms with Crippen LogP contribution >= 0.6 is 0 Å². The van der Waals surface area contributed by atoms with Gasteiger partial charge in [0.15, 0.2) is 11.8 Å². The molecule has 0 fully saturated rings. The Bertz CT molecular complexity index is 1220. The van der Waals surface area contributed by atoms with E-state index in [9.17, 15) is 27.6 Å². The molecule has 174 valence electrons. The van der Waals surface area contributed by atoms with Gasteiger partial charge in [-0.1, -0.05) is 25.1 Å². The van der Waals surface area contributed by atoms with Crippen molar-refractivity contribution >= 4 is 28.3 Å². The maximum absolute atomic E-state index is 12.8. The Morgan fingerprint density at radius 1 is 1.09 bits per heavy atom. The van der Waals surface area contributed by atoms with E-state index in [-0.39, 0.29) is 16.9 Å². The zero-order valence-electron chi connectivity index (χ0n) is 17.7. The largest absolute Gasteiger partial charge is 0.573 e. The van der Waals surface area contributed by atoms with Crippen LogP contribution in [-0.2, 0) is 16.1 Å². The Morgan fingerprint density at radius 3 is 2.33 bits per heavy atom. The van der Waals surface area contributed by atoms with Crippen molar-refractivity contribution in [3.05, 3.63) is 64.6 Å². The van der Waals surface area contributed by atoms with Gasteiger partial charge in [0, 0.05) is 17.6 Å². The van der Waals surface area contributed by atoms with E-state index < -0.39 is 30.1 Å². The molecule has 3 aromatic rings. The van der Waals surface area contributed by atoms with Crippen molar-refractivity contribution in [1.82, 2.24) is 9.78 Å². The first-order chi connectivity index (χ1) is 15.6. The molecule has 0 saturated carbocycles. The van der Waals surface area contributed by atoms with E-state index in [1.54, 1.807) is 24.3 Å². The number of alkyl halides is 3. The number of hydrogen-bond acceptors (Lipinski definition) is 6. The van der Waals surface area contributed by atoms with Crippen molar-refractivity contribution in [2.45, 2.75) is 39.3 Å². The highest BCUT2D eigenvalue weighted by atomic mass is 19.4. The Kier molecular flexibility index (Phi) is 7.00. The minimum absolute atomic E-state index is 0.105. The van der Waals surface area contributed by atoms with Crippen LogP contribution in [0.2, 0.25) is 0 Å². The number of hydrogen-bond donors (Lipinski definition) is 1. The summed E-state index contributed by atoms with van der Waals surface area (Å²) in [6.45, 7) is 3.49. The van der Waals surface area contributed by atoms with Crippen LogP contribution in [0.3, 0.4) is 0 Å². The van der Waals surface area contributed by atoms with E-state index in [1.165, 1.54) is 23.7 Å². The van der Waals surface area contributed by atoms with E-state index >= 15 is 0 Å². The molecule has 0 spiro atoms. The summed E-state index contributed by atoms with van der Waals surface area (Å²) in [6, 6.07) is 10.9. The maximum atomic E-state index is 12.8. The molecule has 0 aliphatic carbocycles. The molecule has 0 bridgehead atoms. The van der Waals surface area contributed by atoms with Gasteiger partial charge in [-0.15, -0.1) is 13.2 Å². The summed E-state index contributed by atoms with van der Waals surface area (Å²) in [4.78, 5) is 37.7. The monoisotopic (exact) mass is 463 g/mol. The number of nitrogens with one attached hydrogen (secondary N) is 1. The van der Waals surface area contributed by atoms with Crippen molar-refractivity contribution in [3.8, 4) is 5.75 Å². The number of carbonyl (C=O) groups excluding carboxylic acids is 2. The zero-order valence-corrected chi connectivity index (χ0v) is 17.7. The number of benzene rings is 2. The number of aryl methyl sites for hydroxylation is 1. The molecule has 2 aromatic carbocycles. The van der Waals surface area contributed by atoms with E-state index in [4.69, 9.17) is 4.74 Å². The minimum atomic E-state index is -4.83. The van der Waals surface area contributed by atoms with Gasteiger partial charge in [-0.3, -0.25) is 9.59 Å². The van der Waals surface area contributed by atoms with Gasteiger partial charge in [0.1, 0.15) is 5.75 Å². The third-order valence-electron chi connectivity index (χ3n) is 4.50. The molecule has 1 aromatic heterocycles. The first-order valence-electron chi connectivity index (χ1n) is 9.96. The Morgan fingerprint density at radius 2 is 1.73 bits per heavy atom. The second-order valence-electron chi connectivity index (χ2n) is 7.03. The van der Waals surface area contributed by atoms with E-state index in [0.29, 0.717) is 23.7 Å². The van der Waals surface area contributed by atoms with Gasteiger partial charge >= 0.3 is 12.3 Å². The van der Waals surface area contributed by atoms with Gasteiger partial charge in [0.05, 0.1) is 5.39 Å². The number of anilines is 1. The van der Waals surface area contributed by atoms with E-state index in [2.05, 4.69) is 15.2 Å². The molecule has 1 amide bonds. The zero-order chi connectivity index (χ0) is 24.2. The van der Waals surface area contributed by atoms with Crippen LogP contribution in [0.5, 0.6) is 5.75 Å². The molecule has 11 heteroatoms. The fourth-order valence-electron chi connectivity index (χ4n) is 3.00. The minimum Gasteiger partial charge on any atom is -0.448 e. The molecule has 0 aliphatic heterocycles. The van der Waals surface area contributed by atoms with Crippen molar-refractivity contribution in [2.24, 2.45) is 0 Å². The Labute approximate surface area is 185 Å². The molecular weight excluding hydrogens is 443 g/mol. The summed E-state index contributed by atoms with van der Waals surface area (Å²) in [6.07, 6.45) is -5.47. The van der Waals surface area contributed by atoms with Crippen molar-refractivity contribution < 1.29 is 32.2 Å². The summed E-state index contributed by atoms with van der Waals surface area (Å²) in [7, 11) is 0. The molecular formula is C22H20F3N3O5. The average molecular weight is 463 g/mol. The van der Waals surface area contributed by atoms with Gasteiger partial charge in [0.2, 0.25) is 0 Å². The lowest BCUT2D eigenvalue weighted by molar-refractivity contribution is -0.274. The molecule has 1 unspecified atom stereocenters. The number of carbonyl (C=O) groups is 2. The number of fused-ring (bicyclic) bond motifs is 1. The lowest BCUT2D eigenvalue weighted by Gasteiger charge is -2.15. The number of rotatable bonds is 7. The molecule has 0 saturated heterocycles. The third kappa shape index (κ3) is 5.88. The van der Waals surface area contributed by atoms with Crippen molar-refractivity contribution in [3.63, 3.8) is 0 Å². The molecule has 1 heterocycles. The van der Waals surface area contributed by atoms with Gasteiger partial charge in [-0.05, 0) is 43.7 Å². The predicted octanol–water partition coefficient (Wildman–Crippen LogP) is 3.89. The number of ether oxygens (including phenoxy) is 2. The topological polar surface area (TPSA) is 99.5 Å². The van der Waals surface area contributed by atoms with Crippen LogP contribution in [-0.4, -0.2) is 34.1 Å². The predicted molar refractivity (Wildman–Crippen MR) is 113 cm³/mol. The number of aromatic nitrogens is 2. The van der Waals surface area contributed by atoms with Crippen LogP contribution in [0, 0.1) is 0 Å². The molecule has 1 atom stereocenters. The summed E-state index contributed by atoms with van der Waals surface area (Å²) in [5, 5.41) is 7.15. The number of halogens is 3. The van der Waals surface area contributed by atoms with E-state index in [0.717, 1.165) is 12.1 Å². The summed E-state index contributed by atoms with van der Waals surface area (Å²) >= 11 is 0.